The van der Waals surface area contributed by atoms with E-state index in [1.54, 1.807) is 0 Å². The number of unbranched alkanes of at least 4 members (excludes halogenated alkanes) is 5. The molecule has 0 unspecified atom stereocenters. The summed E-state index contributed by atoms with van der Waals surface area (Å²) < 4.78 is 5.19. The van der Waals surface area contributed by atoms with E-state index in [2.05, 4.69) is 36.2 Å². The molecule has 156 valence electrons. The van der Waals surface area contributed by atoms with Crippen molar-refractivity contribution in [2.45, 2.75) is 57.5 Å². The minimum Gasteiger partial charge on any atom is -0.469 e. The molecule has 0 aromatic heterocycles. The van der Waals surface area contributed by atoms with Gasteiger partial charge in [-0.3, -0.25) is 4.79 Å². The molecule has 0 saturated carbocycles. The third-order valence-electron chi connectivity index (χ3n) is 5.36. The van der Waals surface area contributed by atoms with Gasteiger partial charge in [-0.1, -0.05) is 92.4 Å². The number of methoxy groups -OCH3 is 1. The van der Waals surface area contributed by atoms with Crippen LogP contribution >= 0.6 is 0 Å². The molecule has 3 nitrogen and oxygen atoms in total. The van der Waals surface area contributed by atoms with Crippen molar-refractivity contribution < 1.29 is 9.53 Å². The predicted molar refractivity (Wildman–Crippen MR) is 120 cm³/mol. The SMILES string of the molecule is C=CCCCCCCC[C@H](C(=O)OC)[C@@H](NCc1ccccc1)c1ccccc1. The summed E-state index contributed by atoms with van der Waals surface area (Å²) in [6.45, 7) is 4.49. The molecule has 2 atom stereocenters. The first-order valence-electron chi connectivity index (χ1n) is 10.8. The zero-order chi connectivity index (χ0) is 20.7. The highest BCUT2D eigenvalue weighted by molar-refractivity contribution is 5.73. The highest BCUT2D eigenvalue weighted by Gasteiger charge is 2.29. The van der Waals surface area contributed by atoms with Gasteiger partial charge in [0.2, 0.25) is 0 Å². The van der Waals surface area contributed by atoms with E-state index in [9.17, 15) is 4.79 Å². The Bertz CT molecular complexity index is 699. The van der Waals surface area contributed by atoms with Crippen LogP contribution < -0.4 is 5.32 Å². The first-order valence-corrected chi connectivity index (χ1v) is 10.8. The van der Waals surface area contributed by atoms with Gasteiger partial charge in [0.15, 0.2) is 0 Å². The normalized spacial score (nSPS) is 12.9. The van der Waals surface area contributed by atoms with Crippen molar-refractivity contribution in [1.29, 1.82) is 0 Å². The van der Waals surface area contributed by atoms with E-state index in [1.165, 1.54) is 31.9 Å². The molecule has 2 aromatic rings. The largest absolute Gasteiger partial charge is 0.469 e. The van der Waals surface area contributed by atoms with Crippen molar-refractivity contribution in [3.8, 4) is 0 Å². The summed E-state index contributed by atoms with van der Waals surface area (Å²) in [6, 6.07) is 20.5. The molecule has 0 aliphatic heterocycles. The zero-order valence-electron chi connectivity index (χ0n) is 17.7. The van der Waals surface area contributed by atoms with E-state index >= 15 is 0 Å². The molecule has 0 heterocycles. The van der Waals surface area contributed by atoms with Crippen LogP contribution in [0.3, 0.4) is 0 Å². The van der Waals surface area contributed by atoms with Crippen LogP contribution in [0.25, 0.3) is 0 Å². The van der Waals surface area contributed by atoms with Crippen LogP contribution in [0.2, 0.25) is 0 Å². The van der Waals surface area contributed by atoms with E-state index in [1.807, 2.05) is 42.5 Å². The fourth-order valence-electron chi connectivity index (χ4n) is 3.73. The van der Waals surface area contributed by atoms with Gasteiger partial charge in [-0.15, -0.1) is 6.58 Å². The van der Waals surface area contributed by atoms with Gasteiger partial charge < -0.3 is 10.1 Å². The maximum Gasteiger partial charge on any atom is 0.310 e. The van der Waals surface area contributed by atoms with Crippen LogP contribution in [0.4, 0.5) is 0 Å². The second-order valence-electron chi connectivity index (χ2n) is 7.52. The molecule has 0 amide bonds. The molecule has 0 spiro atoms. The topological polar surface area (TPSA) is 38.3 Å². The molecular formula is C26H35NO2. The molecule has 2 rings (SSSR count). The lowest BCUT2D eigenvalue weighted by atomic mass is 9.88. The third-order valence-corrected chi connectivity index (χ3v) is 5.36. The van der Waals surface area contributed by atoms with Gasteiger partial charge in [0.1, 0.15) is 0 Å². The highest BCUT2D eigenvalue weighted by Crippen LogP contribution is 2.28. The molecule has 0 saturated heterocycles. The molecule has 3 heteroatoms. The van der Waals surface area contributed by atoms with E-state index in [0.29, 0.717) is 0 Å². The van der Waals surface area contributed by atoms with E-state index < -0.39 is 0 Å². The van der Waals surface area contributed by atoms with Crippen LogP contribution in [0.1, 0.15) is 62.1 Å². The molecule has 0 aliphatic rings. The van der Waals surface area contributed by atoms with Crippen molar-refractivity contribution in [3.05, 3.63) is 84.4 Å². The molecule has 0 fully saturated rings. The number of allylic oxidation sites excluding steroid dienone is 1. The lowest BCUT2D eigenvalue weighted by molar-refractivity contribution is -0.147. The summed E-state index contributed by atoms with van der Waals surface area (Å²) >= 11 is 0. The summed E-state index contributed by atoms with van der Waals surface area (Å²) in [6.07, 6.45) is 9.71. The number of carbonyl (C=O) groups excluding carboxylic acids is 1. The summed E-state index contributed by atoms with van der Waals surface area (Å²) in [5, 5.41) is 3.62. The minimum atomic E-state index is -0.195. The van der Waals surface area contributed by atoms with Crippen molar-refractivity contribution in [1.82, 2.24) is 5.32 Å². The molecule has 0 bridgehead atoms. The van der Waals surface area contributed by atoms with Gasteiger partial charge >= 0.3 is 5.97 Å². The lowest BCUT2D eigenvalue weighted by Gasteiger charge is -2.27. The second kappa shape index (κ2) is 13.7. The Morgan fingerprint density at radius 2 is 1.59 bits per heavy atom. The standard InChI is InChI=1S/C26H35NO2/c1-3-4-5-6-7-8-15-20-24(26(28)29-2)25(23-18-13-10-14-19-23)27-21-22-16-11-9-12-17-22/h3,9-14,16-19,24-25,27H,1,4-8,15,20-21H2,2H3/t24-,25-/m0/s1. The van der Waals surface area contributed by atoms with Gasteiger partial charge in [-0.2, -0.15) is 0 Å². The molecule has 29 heavy (non-hydrogen) atoms. The third kappa shape index (κ3) is 8.25. The average molecular weight is 394 g/mol. The van der Waals surface area contributed by atoms with Crippen LogP contribution in [-0.2, 0) is 16.1 Å². The Labute approximate surface area is 176 Å². The fourth-order valence-corrected chi connectivity index (χ4v) is 3.73. The van der Waals surface area contributed by atoms with E-state index in [0.717, 1.165) is 37.8 Å². The van der Waals surface area contributed by atoms with E-state index in [-0.39, 0.29) is 17.9 Å². The van der Waals surface area contributed by atoms with Gasteiger partial charge in [-0.05, 0) is 30.4 Å². The smallest absolute Gasteiger partial charge is 0.310 e. The number of hydrogen-bond acceptors (Lipinski definition) is 3. The number of carbonyl (C=O) groups is 1. The summed E-state index contributed by atoms with van der Waals surface area (Å²) in [7, 11) is 1.49. The number of benzene rings is 2. The maximum absolute atomic E-state index is 12.7. The first-order chi connectivity index (χ1) is 14.3. The number of esters is 1. The van der Waals surface area contributed by atoms with Crippen LogP contribution in [0.15, 0.2) is 73.3 Å². The number of ether oxygens (including phenoxy) is 1. The minimum absolute atomic E-state index is 0.0652. The van der Waals surface area contributed by atoms with Gasteiger partial charge in [-0.25, -0.2) is 0 Å². The second-order valence-corrected chi connectivity index (χ2v) is 7.52. The van der Waals surface area contributed by atoms with Crippen molar-refractivity contribution in [3.63, 3.8) is 0 Å². The first kappa shape index (κ1) is 22.9. The Morgan fingerprint density at radius 1 is 0.966 bits per heavy atom. The highest BCUT2D eigenvalue weighted by atomic mass is 16.5. The van der Waals surface area contributed by atoms with E-state index in [4.69, 9.17) is 4.74 Å². The molecular weight excluding hydrogens is 358 g/mol. The predicted octanol–water partition coefficient (Wildman–Crippen LogP) is 6.22. The lowest BCUT2D eigenvalue weighted by Crippen LogP contribution is -2.33. The number of nitrogens with one attached hydrogen (secondary N) is 1. The van der Waals surface area contributed by atoms with Crippen LogP contribution in [-0.4, -0.2) is 13.1 Å². The van der Waals surface area contributed by atoms with Gasteiger partial charge in [0, 0.05) is 12.6 Å². The molecule has 2 aromatic carbocycles. The van der Waals surface area contributed by atoms with Crippen LogP contribution in [0.5, 0.6) is 0 Å². The molecule has 1 N–H and O–H groups in total. The van der Waals surface area contributed by atoms with Crippen molar-refractivity contribution >= 4 is 5.97 Å². The number of hydrogen-bond donors (Lipinski definition) is 1. The van der Waals surface area contributed by atoms with Gasteiger partial charge in [0.25, 0.3) is 0 Å². The van der Waals surface area contributed by atoms with Crippen LogP contribution in [0, 0.1) is 5.92 Å². The van der Waals surface area contributed by atoms with Crippen molar-refractivity contribution in [2.24, 2.45) is 5.92 Å². The summed E-state index contributed by atoms with van der Waals surface area (Å²) in [5.41, 5.74) is 2.34. The average Bonchev–Trinajstić information content (AvgIpc) is 2.78. The Hall–Kier alpha value is -2.39. The zero-order valence-corrected chi connectivity index (χ0v) is 17.7. The number of rotatable bonds is 14. The fraction of sp³-hybridized carbons (Fsp3) is 0.423. The summed E-state index contributed by atoms with van der Waals surface area (Å²) in [5.74, 6) is -0.328. The maximum atomic E-state index is 12.7. The monoisotopic (exact) mass is 393 g/mol. The van der Waals surface area contributed by atoms with Gasteiger partial charge in [0.05, 0.1) is 13.0 Å². The molecule has 0 radical (unpaired) electrons. The Kier molecular flexibility index (Phi) is 10.8. The molecule has 0 aliphatic carbocycles. The summed E-state index contributed by atoms with van der Waals surface area (Å²) in [4.78, 5) is 12.7. The van der Waals surface area contributed by atoms with Crippen molar-refractivity contribution in [2.75, 3.05) is 7.11 Å². The Morgan fingerprint density at radius 3 is 2.24 bits per heavy atom. The Balaban J connectivity index is 2.03. The quantitative estimate of drug-likeness (QED) is 0.235.